The highest BCUT2D eigenvalue weighted by Crippen LogP contribution is 2.34. The predicted molar refractivity (Wildman–Crippen MR) is 95.6 cm³/mol. The zero-order chi connectivity index (χ0) is 18.1. The fourth-order valence-electron chi connectivity index (χ4n) is 3.32. The Morgan fingerprint density at radius 1 is 1.23 bits per heavy atom. The summed E-state index contributed by atoms with van der Waals surface area (Å²) in [6, 6.07) is 14.3. The molecular weight excluding hydrogens is 330 g/mol. The number of phenols is 1. The summed E-state index contributed by atoms with van der Waals surface area (Å²) in [4.78, 5) is 19.2. The summed E-state index contributed by atoms with van der Waals surface area (Å²) < 4.78 is 5.46. The van der Waals surface area contributed by atoms with E-state index in [9.17, 15) is 9.90 Å². The van der Waals surface area contributed by atoms with Gasteiger partial charge in [0.15, 0.2) is 0 Å². The standard InChI is InChI=1S/C20H19N3O3/c1-13-9-10-17(24)15(12-13)20(25)23-11-5-8-16(23)19-21-18(22-26-19)14-6-3-2-4-7-14/h2-4,6-7,9-10,12,16,24H,5,8,11H2,1H3/t16-/m1/s1. The van der Waals surface area contributed by atoms with Crippen molar-refractivity contribution in [1.29, 1.82) is 0 Å². The van der Waals surface area contributed by atoms with Crippen LogP contribution in [0.1, 0.15) is 40.7 Å². The van der Waals surface area contributed by atoms with Crippen LogP contribution >= 0.6 is 0 Å². The van der Waals surface area contributed by atoms with Gasteiger partial charge in [-0.15, -0.1) is 0 Å². The van der Waals surface area contributed by atoms with Gasteiger partial charge in [-0.3, -0.25) is 4.79 Å². The SMILES string of the molecule is Cc1ccc(O)c(C(=O)N2CCC[C@@H]2c2nc(-c3ccccc3)no2)c1. The fourth-order valence-corrected chi connectivity index (χ4v) is 3.32. The van der Waals surface area contributed by atoms with E-state index in [2.05, 4.69) is 10.1 Å². The summed E-state index contributed by atoms with van der Waals surface area (Å²) >= 11 is 0. The van der Waals surface area contributed by atoms with Crippen molar-refractivity contribution >= 4 is 5.91 Å². The lowest BCUT2D eigenvalue weighted by Crippen LogP contribution is -2.30. The number of aromatic hydroxyl groups is 1. The Balaban J connectivity index is 1.62. The van der Waals surface area contributed by atoms with Crippen molar-refractivity contribution in [3.8, 4) is 17.1 Å². The Hall–Kier alpha value is -3.15. The minimum Gasteiger partial charge on any atom is -0.507 e. The molecule has 1 aliphatic heterocycles. The summed E-state index contributed by atoms with van der Waals surface area (Å²) in [6.07, 6.45) is 1.61. The first-order valence-electron chi connectivity index (χ1n) is 8.63. The lowest BCUT2D eigenvalue weighted by molar-refractivity contribution is 0.0707. The molecule has 26 heavy (non-hydrogen) atoms. The number of carbonyl (C=O) groups excluding carboxylic acids is 1. The number of likely N-dealkylation sites (tertiary alicyclic amines) is 1. The molecule has 0 aliphatic carbocycles. The smallest absolute Gasteiger partial charge is 0.258 e. The minimum absolute atomic E-state index is 0.0123. The molecule has 1 atom stereocenters. The zero-order valence-electron chi connectivity index (χ0n) is 14.4. The summed E-state index contributed by atoms with van der Waals surface area (Å²) in [5.74, 6) is 0.718. The van der Waals surface area contributed by atoms with Crippen molar-refractivity contribution in [2.24, 2.45) is 0 Å². The van der Waals surface area contributed by atoms with Crippen molar-refractivity contribution < 1.29 is 14.4 Å². The Morgan fingerprint density at radius 3 is 2.85 bits per heavy atom. The lowest BCUT2D eigenvalue weighted by atomic mass is 10.1. The first kappa shape index (κ1) is 16.3. The fraction of sp³-hybridized carbons (Fsp3) is 0.250. The van der Waals surface area contributed by atoms with Crippen molar-refractivity contribution in [3.63, 3.8) is 0 Å². The molecule has 6 nitrogen and oxygen atoms in total. The summed E-state index contributed by atoms with van der Waals surface area (Å²) in [5, 5.41) is 14.1. The third-order valence-corrected chi connectivity index (χ3v) is 4.65. The van der Waals surface area contributed by atoms with Gasteiger partial charge in [0.1, 0.15) is 11.8 Å². The highest BCUT2D eigenvalue weighted by molar-refractivity contribution is 5.97. The van der Waals surface area contributed by atoms with E-state index in [0.717, 1.165) is 24.0 Å². The van der Waals surface area contributed by atoms with Crippen molar-refractivity contribution in [2.75, 3.05) is 6.54 Å². The largest absolute Gasteiger partial charge is 0.507 e. The van der Waals surface area contributed by atoms with Crippen LogP contribution < -0.4 is 0 Å². The Bertz CT molecular complexity index is 936. The van der Waals surface area contributed by atoms with Crippen LogP contribution in [0.2, 0.25) is 0 Å². The van der Waals surface area contributed by atoms with E-state index in [1.807, 2.05) is 37.3 Å². The van der Waals surface area contributed by atoms with Gasteiger partial charge in [0.05, 0.1) is 5.56 Å². The molecule has 0 spiro atoms. The average Bonchev–Trinajstić information content (AvgIpc) is 3.33. The summed E-state index contributed by atoms with van der Waals surface area (Å²) in [6.45, 7) is 2.49. The molecule has 1 fully saturated rings. The molecule has 1 aromatic heterocycles. The van der Waals surface area contributed by atoms with E-state index < -0.39 is 0 Å². The quantitative estimate of drug-likeness (QED) is 0.779. The number of rotatable bonds is 3. The number of aromatic nitrogens is 2. The lowest BCUT2D eigenvalue weighted by Gasteiger charge is -2.22. The predicted octanol–water partition coefficient (Wildman–Crippen LogP) is 3.73. The Kier molecular flexibility index (Phi) is 4.16. The number of carbonyl (C=O) groups is 1. The van der Waals surface area contributed by atoms with Gasteiger partial charge in [-0.05, 0) is 31.9 Å². The van der Waals surface area contributed by atoms with Crippen LogP contribution in [0.3, 0.4) is 0 Å². The number of aryl methyl sites for hydroxylation is 1. The van der Waals surface area contributed by atoms with Gasteiger partial charge in [-0.1, -0.05) is 47.1 Å². The number of hydrogen-bond donors (Lipinski definition) is 1. The van der Waals surface area contributed by atoms with Gasteiger partial charge in [0.25, 0.3) is 5.91 Å². The molecule has 6 heteroatoms. The van der Waals surface area contributed by atoms with Gasteiger partial charge in [-0.2, -0.15) is 4.98 Å². The number of nitrogens with zero attached hydrogens (tertiary/aromatic N) is 3. The third kappa shape index (κ3) is 2.94. The molecule has 0 bridgehead atoms. The van der Waals surface area contributed by atoms with Crippen LogP contribution in [0.15, 0.2) is 53.1 Å². The first-order valence-corrected chi connectivity index (χ1v) is 8.63. The van der Waals surface area contributed by atoms with Crippen molar-refractivity contribution in [1.82, 2.24) is 15.0 Å². The molecule has 3 aromatic rings. The maximum Gasteiger partial charge on any atom is 0.258 e. The average molecular weight is 349 g/mol. The number of benzene rings is 2. The van der Waals surface area contributed by atoms with Gasteiger partial charge in [0.2, 0.25) is 11.7 Å². The minimum atomic E-state index is -0.271. The second-order valence-corrected chi connectivity index (χ2v) is 6.50. The maximum absolute atomic E-state index is 13.0. The Labute approximate surface area is 151 Å². The van der Waals surface area contributed by atoms with Crippen molar-refractivity contribution in [3.05, 3.63) is 65.5 Å². The van der Waals surface area contributed by atoms with Crippen LogP contribution in [0, 0.1) is 6.92 Å². The Morgan fingerprint density at radius 2 is 2.04 bits per heavy atom. The molecule has 0 saturated carbocycles. The number of phenolic OH excluding ortho intramolecular Hbond substituents is 1. The van der Waals surface area contributed by atoms with Gasteiger partial charge < -0.3 is 14.5 Å². The van der Waals surface area contributed by atoms with Crippen LogP contribution in [0.4, 0.5) is 0 Å². The molecule has 2 heterocycles. The highest BCUT2D eigenvalue weighted by atomic mass is 16.5. The van der Waals surface area contributed by atoms with Crippen LogP contribution in [-0.4, -0.2) is 32.6 Å². The van der Waals surface area contributed by atoms with Crippen LogP contribution in [0.25, 0.3) is 11.4 Å². The second kappa shape index (κ2) is 6.63. The van der Waals surface area contributed by atoms with E-state index >= 15 is 0 Å². The molecule has 4 rings (SSSR count). The number of amides is 1. The third-order valence-electron chi connectivity index (χ3n) is 4.65. The van der Waals surface area contributed by atoms with E-state index in [1.165, 1.54) is 0 Å². The van der Waals surface area contributed by atoms with Crippen LogP contribution in [0.5, 0.6) is 5.75 Å². The monoisotopic (exact) mass is 349 g/mol. The first-order chi connectivity index (χ1) is 12.6. The van der Waals surface area contributed by atoms with E-state index in [0.29, 0.717) is 23.8 Å². The molecule has 1 saturated heterocycles. The van der Waals surface area contributed by atoms with E-state index in [4.69, 9.17) is 4.52 Å². The molecule has 0 unspecified atom stereocenters. The molecule has 132 valence electrons. The van der Waals surface area contributed by atoms with Gasteiger partial charge >= 0.3 is 0 Å². The van der Waals surface area contributed by atoms with Crippen molar-refractivity contribution in [2.45, 2.75) is 25.8 Å². The van der Waals surface area contributed by atoms with E-state index in [1.54, 1.807) is 23.1 Å². The summed E-state index contributed by atoms with van der Waals surface area (Å²) in [5.41, 5.74) is 2.10. The molecule has 1 amide bonds. The molecule has 0 radical (unpaired) electrons. The molecule has 1 aliphatic rings. The zero-order valence-corrected chi connectivity index (χ0v) is 14.4. The maximum atomic E-state index is 13.0. The van der Waals surface area contributed by atoms with E-state index in [-0.39, 0.29) is 17.7 Å². The normalized spacial score (nSPS) is 16.8. The molecule has 2 aromatic carbocycles. The topological polar surface area (TPSA) is 79.5 Å². The van der Waals surface area contributed by atoms with Gasteiger partial charge in [-0.25, -0.2) is 0 Å². The second-order valence-electron chi connectivity index (χ2n) is 6.50. The molecular formula is C20H19N3O3. The van der Waals surface area contributed by atoms with Crippen LogP contribution in [-0.2, 0) is 0 Å². The van der Waals surface area contributed by atoms with Gasteiger partial charge in [0, 0.05) is 12.1 Å². The molecule has 1 N–H and O–H groups in total. The summed E-state index contributed by atoms with van der Waals surface area (Å²) in [7, 11) is 0. The number of hydrogen-bond acceptors (Lipinski definition) is 5. The highest BCUT2D eigenvalue weighted by Gasteiger charge is 2.35.